The summed E-state index contributed by atoms with van der Waals surface area (Å²) >= 11 is 0. The second-order valence-corrected chi connectivity index (χ2v) is 8.45. The molecular formula is C18H23NO3S. The predicted molar refractivity (Wildman–Crippen MR) is 93.7 cm³/mol. The lowest BCUT2D eigenvalue weighted by molar-refractivity contribution is 0.228. The summed E-state index contributed by atoms with van der Waals surface area (Å²) in [6.45, 7) is 1.49. The van der Waals surface area contributed by atoms with Gasteiger partial charge in [0.15, 0.2) is 9.84 Å². The van der Waals surface area contributed by atoms with Gasteiger partial charge in [0.1, 0.15) is 5.75 Å². The molecule has 1 atom stereocenters. The van der Waals surface area contributed by atoms with Crippen molar-refractivity contribution in [2.75, 3.05) is 31.7 Å². The molecule has 0 saturated carbocycles. The first-order valence-electron chi connectivity index (χ1n) is 8.06. The molecule has 0 N–H and O–H groups in total. The van der Waals surface area contributed by atoms with Crippen molar-refractivity contribution in [2.24, 2.45) is 0 Å². The van der Waals surface area contributed by atoms with Gasteiger partial charge in [-0.3, -0.25) is 0 Å². The molecule has 5 heteroatoms. The van der Waals surface area contributed by atoms with Crippen molar-refractivity contribution < 1.29 is 13.2 Å². The van der Waals surface area contributed by atoms with E-state index in [9.17, 15) is 8.42 Å². The van der Waals surface area contributed by atoms with E-state index in [0.717, 1.165) is 30.5 Å². The zero-order valence-corrected chi connectivity index (χ0v) is 14.3. The molecule has 124 valence electrons. The number of rotatable bonds is 6. The maximum Gasteiger partial charge on any atom is 0.151 e. The molecule has 0 aromatic heterocycles. The van der Waals surface area contributed by atoms with Crippen molar-refractivity contribution in [1.82, 2.24) is 4.90 Å². The normalized spacial score (nSPS) is 20.2. The Morgan fingerprint density at radius 1 is 1.17 bits per heavy atom. The van der Waals surface area contributed by atoms with Crippen LogP contribution in [0.5, 0.6) is 5.75 Å². The van der Waals surface area contributed by atoms with Crippen LogP contribution in [-0.2, 0) is 9.84 Å². The second kappa shape index (κ2) is 6.89. The van der Waals surface area contributed by atoms with Gasteiger partial charge >= 0.3 is 0 Å². The number of hydrogen-bond donors (Lipinski definition) is 0. The van der Waals surface area contributed by atoms with Crippen molar-refractivity contribution in [2.45, 2.75) is 18.9 Å². The van der Waals surface area contributed by atoms with Crippen molar-refractivity contribution in [3.05, 3.63) is 42.5 Å². The Bertz CT molecular complexity index is 767. The molecule has 0 bridgehead atoms. The van der Waals surface area contributed by atoms with Gasteiger partial charge < -0.3 is 9.64 Å². The van der Waals surface area contributed by atoms with E-state index in [1.165, 1.54) is 5.39 Å². The minimum atomic E-state index is -2.81. The maximum atomic E-state index is 11.5. The summed E-state index contributed by atoms with van der Waals surface area (Å²) in [5, 5.41) is 2.31. The molecule has 1 unspecified atom stereocenters. The molecule has 1 fully saturated rings. The van der Waals surface area contributed by atoms with E-state index < -0.39 is 9.84 Å². The standard InChI is InChI=1S/C18H23NO3S/c1-19(16-10-13-23(20,21)14-16)11-5-12-22-18-9-4-7-15-6-2-3-8-17(15)18/h2-4,6-9,16H,5,10-14H2,1H3. The van der Waals surface area contributed by atoms with Gasteiger partial charge in [0.2, 0.25) is 0 Å². The molecule has 1 saturated heterocycles. The minimum Gasteiger partial charge on any atom is -0.493 e. The van der Waals surface area contributed by atoms with Crippen LogP contribution >= 0.6 is 0 Å². The fourth-order valence-electron chi connectivity index (χ4n) is 3.12. The Labute approximate surface area is 138 Å². The number of hydrogen-bond acceptors (Lipinski definition) is 4. The van der Waals surface area contributed by atoms with Gasteiger partial charge in [0, 0.05) is 18.0 Å². The van der Waals surface area contributed by atoms with Crippen LogP contribution < -0.4 is 4.74 Å². The SMILES string of the molecule is CN(CCCOc1cccc2ccccc12)C1CCS(=O)(=O)C1. The summed E-state index contributed by atoms with van der Waals surface area (Å²) in [6.07, 6.45) is 1.64. The molecule has 1 aliphatic heterocycles. The van der Waals surface area contributed by atoms with Crippen LogP contribution in [-0.4, -0.2) is 51.1 Å². The maximum absolute atomic E-state index is 11.5. The minimum absolute atomic E-state index is 0.164. The summed E-state index contributed by atoms with van der Waals surface area (Å²) in [7, 11) is -0.808. The fourth-order valence-corrected chi connectivity index (χ4v) is 4.93. The van der Waals surface area contributed by atoms with Crippen molar-refractivity contribution in [3.8, 4) is 5.75 Å². The van der Waals surface area contributed by atoms with Crippen LogP contribution in [0.3, 0.4) is 0 Å². The zero-order valence-electron chi connectivity index (χ0n) is 13.4. The van der Waals surface area contributed by atoms with Crippen molar-refractivity contribution >= 4 is 20.6 Å². The summed E-state index contributed by atoms with van der Waals surface area (Å²) < 4.78 is 29.0. The summed E-state index contributed by atoms with van der Waals surface area (Å²) in [5.74, 6) is 1.54. The average molecular weight is 333 g/mol. The molecule has 2 aromatic carbocycles. The van der Waals surface area contributed by atoms with Gasteiger partial charge in [-0.1, -0.05) is 36.4 Å². The summed E-state index contributed by atoms with van der Waals surface area (Å²) in [6, 6.07) is 14.4. The van der Waals surface area contributed by atoms with E-state index in [1.54, 1.807) is 0 Å². The topological polar surface area (TPSA) is 46.6 Å². The highest BCUT2D eigenvalue weighted by Crippen LogP contribution is 2.25. The van der Waals surface area contributed by atoms with E-state index >= 15 is 0 Å². The first-order chi connectivity index (χ1) is 11.1. The highest BCUT2D eigenvalue weighted by Gasteiger charge is 2.30. The third-order valence-corrected chi connectivity index (χ3v) is 6.24. The smallest absolute Gasteiger partial charge is 0.151 e. The molecule has 2 aromatic rings. The van der Waals surface area contributed by atoms with Crippen LogP contribution in [0.2, 0.25) is 0 Å². The molecular weight excluding hydrogens is 310 g/mol. The largest absolute Gasteiger partial charge is 0.493 e. The van der Waals surface area contributed by atoms with Crippen molar-refractivity contribution in [1.29, 1.82) is 0 Å². The van der Waals surface area contributed by atoms with Gasteiger partial charge in [-0.25, -0.2) is 8.42 Å². The highest BCUT2D eigenvalue weighted by molar-refractivity contribution is 7.91. The van der Waals surface area contributed by atoms with Crippen LogP contribution in [0.15, 0.2) is 42.5 Å². The van der Waals surface area contributed by atoms with Crippen LogP contribution in [0.25, 0.3) is 10.8 Å². The summed E-state index contributed by atoms with van der Waals surface area (Å²) in [4.78, 5) is 2.15. The Balaban J connectivity index is 1.50. The van der Waals surface area contributed by atoms with Gasteiger partial charge in [-0.2, -0.15) is 0 Å². The summed E-state index contributed by atoms with van der Waals surface area (Å²) in [5.41, 5.74) is 0. The molecule has 0 radical (unpaired) electrons. The van der Waals surface area contributed by atoms with E-state index in [-0.39, 0.29) is 6.04 Å². The Morgan fingerprint density at radius 2 is 1.96 bits per heavy atom. The molecule has 0 amide bonds. The average Bonchev–Trinajstić information content (AvgIpc) is 2.91. The lowest BCUT2D eigenvalue weighted by Crippen LogP contribution is -2.34. The first kappa shape index (κ1) is 16.3. The van der Waals surface area contributed by atoms with Gasteiger partial charge in [-0.15, -0.1) is 0 Å². The quantitative estimate of drug-likeness (QED) is 0.763. The third kappa shape index (κ3) is 4.03. The number of nitrogens with zero attached hydrogens (tertiary/aromatic N) is 1. The first-order valence-corrected chi connectivity index (χ1v) is 9.88. The molecule has 1 aliphatic rings. The molecule has 4 nitrogen and oxygen atoms in total. The Hall–Kier alpha value is -1.59. The number of sulfone groups is 1. The number of benzene rings is 2. The van der Waals surface area contributed by atoms with Gasteiger partial charge in [0.25, 0.3) is 0 Å². The molecule has 1 heterocycles. The van der Waals surface area contributed by atoms with Crippen LogP contribution in [0, 0.1) is 0 Å². The van der Waals surface area contributed by atoms with Crippen LogP contribution in [0.4, 0.5) is 0 Å². The number of ether oxygens (including phenoxy) is 1. The van der Waals surface area contributed by atoms with Gasteiger partial charge in [0.05, 0.1) is 18.1 Å². The molecule has 3 rings (SSSR count). The van der Waals surface area contributed by atoms with E-state index in [1.807, 2.05) is 31.3 Å². The lowest BCUT2D eigenvalue weighted by atomic mass is 10.1. The molecule has 0 spiro atoms. The fraction of sp³-hybridized carbons (Fsp3) is 0.444. The Morgan fingerprint density at radius 3 is 2.74 bits per heavy atom. The predicted octanol–water partition coefficient (Wildman–Crippen LogP) is 2.73. The second-order valence-electron chi connectivity index (χ2n) is 6.22. The number of fused-ring (bicyclic) bond motifs is 1. The molecule has 23 heavy (non-hydrogen) atoms. The van der Waals surface area contributed by atoms with E-state index in [0.29, 0.717) is 18.1 Å². The van der Waals surface area contributed by atoms with E-state index in [4.69, 9.17) is 4.74 Å². The lowest BCUT2D eigenvalue weighted by Gasteiger charge is -2.22. The Kier molecular flexibility index (Phi) is 4.87. The van der Waals surface area contributed by atoms with Crippen LogP contribution in [0.1, 0.15) is 12.8 Å². The van der Waals surface area contributed by atoms with E-state index in [2.05, 4.69) is 23.1 Å². The molecule has 0 aliphatic carbocycles. The zero-order chi connectivity index (χ0) is 16.3. The van der Waals surface area contributed by atoms with Gasteiger partial charge in [-0.05, 0) is 31.3 Å². The highest BCUT2D eigenvalue weighted by atomic mass is 32.2. The monoisotopic (exact) mass is 333 g/mol. The third-order valence-electron chi connectivity index (χ3n) is 4.49. The van der Waals surface area contributed by atoms with Crippen molar-refractivity contribution in [3.63, 3.8) is 0 Å².